The van der Waals surface area contributed by atoms with Crippen LogP contribution >= 0.6 is 0 Å². The summed E-state index contributed by atoms with van der Waals surface area (Å²) in [6.07, 6.45) is 6.15. The summed E-state index contributed by atoms with van der Waals surface area (Å²) in [5.74, 6) is 0. The van der Waals surface area contributed by atoms with Gasteiger partial charge in [0, 0.05) is 5.25 Å². The third-order valence-electron chi connectivity index (χ3n) is 2.06. The number of nitrogens with one attached hydrogen (secondary N) is 1. The van der Waals surface area contributed by atoms with Crippen molar-refractivity contribution in [3.8, 4) is 0 Å². The van der Waals surface area contributed by atoms with E-state index in [9.17, 15) is 4.21 Å². The molecule has 0 heterocycles. The highest BCUT2D eigenvalue weighted by molar-refractivity contribution is 7.83. The van der Waals surface area contributed by atoms with Crippen molar-refractivity contribution < 1.29 is 4.21 Å². The maximum absolute atomic E-state index is 11.2. The molecule has 1 atom stereocenters. The minimum Gasteiger partial charge on any atom is -0.243 e. The second-order valence-electron chi connectivity index (χ2n) is 2.76. The average molecular weight is 161 g/mol. The third kappa shape index (κ3) is 2.06. The Morgan fingerprint density at radius 1 is 1.30 bits per heavy atom. The Morgan fingerprint density at radius 3 is 2.40 bits per heavy atom. The first-order valence-corrected chi connectivity index (χ1v) is 5.14. The van der Waals surface area contributed by atoms with Crippen LogP contribution in [-0.2, 0) is 11.0 Å². The largest absolute Gasteiger partial charge is 0.243 e. The third-order valence-corrected chi connectivity index (χ3v) is 3.54. The van der Waals surface area contributed by atoms with Crippen molar-refractivity contribution >= 4 is 11.0 Å². The predicted molar refractivity (Wildman–Crippen MR) is 44.1 cm³/mol. The molecule has 1 N–H and O–H groups in total. The van der Waals surface area contributed by atoms with E-state index in [1.54, 1.807) is 7.05 Å². The van der Waals surface area contributed by atoms with Crippen molar-refractivity contribution in [3.63, 3.8) is 0 Å². The molecule has 1 aliphatic rings. The van der Waals surface area contributed by atoms with Crippen LogP contribution in [0.25, 0.3) is 0 Å². The Morgan fingerprint density at radius 2 is 1.90 bits per heavy atom. The van der Waals surface area contributed by atoms with E-state index in [1.807, 2.05) is 0 Å². The molecule has 1 aliphatic carbocycles. The summed E-state index contributed by atoms with van der Waals surface area (Å²) in [4.78, 5) is 0. The topological polar surface area (TPSA) is 29.1 Å². The van der Waals surface area contributed by atoms with Crippen LogP contribution in [0.5, 0.6) is 0 Å². The summed E-state index contributed by atoms with van der Waals surface area (Å²) >= 11 is 0. The first kappa shape index (κ1) is 8.21. The highest BCUT2D eigenvalue weighted by atomic mass is 32.2. The van der Waals surface area contributed by atoms with Gasteiger partial charge in [-0.25, -0.2) is 8.93 Å². The first-order valence-electron chi connectivity index (χ1n) is 3.92. The summed E-state index contributed by atoms with van der Waals surface area (Å²) in [5.41, 5.74) is 0. The molecule has 2 nitrogen and oxygen atoms in total. The molecule has 1 saturated carbocycles. The quantitative estimate of drug-likeness (QED) is 0.648. The van der Waals surface area contributed by atoms with E-state index >= 15 is 0 Å². The van der Waals surface area contributed by atoms with Gasteiger partial charge in [-0.1, -0.05) is 19.3 Å². The maximum Gasteiger partial charge on any atom is 0.0944 e. The molecule has 60 valence electrons. The van der Waals surface area contributed by atoms with E-state index in [2.05, 4.69) is 4.72 Å². The molecular weight excluding hydrogens is 146 g/mol. The molecule has 10 heavy (non-hydrogen) atoms. The summed E-state index contributed by atoms with van der Waals surface area (Å²) in [7, 11) is 1.01. The smallest absolute Gasteiger partial charge is 0.0944 e. The summed E-state index contributed by atoms with van der Waals surface area (Å²) in [5, 5.41) is 0.429. The van der Waals surface area contributed by atoms with Gasteiger partial charge in [0.05, 0.1) is 11.0 Å². The van der Waals surface area contributed by atoms with E-state index in [-0.39, 0.29) is 0 Å². The van der Waals surface area contributed by atoms with Crippen LogP contribution in [0.4, 0.5) is 0 Å². The number of hydrogen-bond donors (Lipinski definition) is 1. The molecule has 1 rings (SSSR count). The molecule has 0 aromatic carbocycles. The zero-order chi connectivity index (χ0) is 7.40. The Balaban J connectivity index is 2.31. The van der Waals surface area contributed by atoms with Gasteiger partial charge < -0.3 is 0 Å². The molecule has 0 aromatic heterocycles. The summed E-state index contributed by atoms with van der Waals surface area (Å²) < 4.78 is 14.0. The predicted octanol–water partition coefficient (Wildman–Crippen LogP) is 1.20. The fourth-order valence-corrected chi connectivity index (χ4v) is 2.54. The van der Waals surface area contributed by atoms with Gasteiger partial charge in [-0.2, -0.15) is 0 Å². The van der Waals surface area contributed by atoms with Crippen LogP contribution in [0.1, 0.15) is 32.1 Å². The van der Waals surface area contributed by atoms with E-state index in [0.717, 1.165) is 12.8 Å². The summed E-state index contributed by atoms with van der Waals surface area (Å²) in [6.45, 7) is 0. The van der Waals surface area contributed by atoms with Crippen molar-refractivity contribution in [3.05, 3.63) is 0 Å². The molecule has 0 radical (unpaired) electrons. The van der Waals surface area contributed by atoms with Gasteiger partial charge in [-0.05, 0) is 19.9 Å². The fraction of sp³-hybridized carbons (Fsp3) is 1.00. The van der Waals surface area contributed by atoms with Crippen LogP contribution in [0.2, 0.25) is 0 Å². The highest BCUT2D eigenvalue weighted by Crippen LogP contribution is 2.20. The van der Waals surface area contributed by atoms with E-state index in [4.69, 9.17) is 0 Å². The van der Waals surface area contributed by atoms with Gasteiger partial charge in [0.2, 0.25) is 0 Å². The minimum atomic E-state index is -0.763. The Hall–Kier alpha value is 0.110. The molecular formula is C7H15NOS. The van der Waals surface area contributed by atoms with Crippen LogP contribution in [0.3, 0.4) is 0 Å². The molecule has 3 heteroatoms. The summed E-state index contributed by atoms with van der Waals surface area (Å²) in [6, 6.07) is 0. The lowest BCUT2D eigenvalue weighted by Gasteiger charge is -2.19. The van der Waals surface area contributed by atoms with Gasteiger partial charge in [0.25, 0.3) is 0 Å². The molecule has 0 spiro atoms. The highest BCUT2D eigenvalue weighted by Gasteiger charge is 2.17. The molecule has 0 aliphatic heterocycles. The Labute approximate surface area is 65.0 Å². The molecule has 0 amide bonds. The standard InChI is InChI=1S/C7H15NOS/c1-8-10(9)7-5-3-2-4-6-7/h7-8H,2-6H2,1H3. The maximum atomic E-state index is 11.2. The number of rotatable bonds is 2. The van der Waals surface area contributed by atoms with Crippen LogP contribution in [0.15, 0.2) is 0 Å². The van der Waals surface area contributed by atoms with Gasteiger partial charge >= 0.3 is 0 Å². The monoisotopic (exact) mass is 161 g/mol. The van der Waals surface area contributed by atoms with Crippen molar-refractivity contribution in [2.75, 3.05) is 7.05 Å². The lowest BCUT2D eigenvalue weighted by Crippen LogP contribution is -2.26. The molecule has 1 fully saturated rings. The lowest BCUT2D eigenvalue weighted by atomic mass is 10.0. The van der Waals surface area contributed by atoms with Crippen molar-refractivity contribution in [1.29, 1.82) is 0 Å². The van der Waals surface area contributed by atoms with Crippen LogP contribution < -0.4 is 4.72 Å². The molecule has 0 saturated heterocycles. The zero-order valence-electron chi connectivity index (χ0n) is 6.43. The van der Waals surface area contributed by atoms with Gasteiger partial charge in [-0.15, -0.1) is 0 Å². The first-order chi connectivity index (χ1) is 4.84. The second-order valence-corrected chi connectivity index (χ2v) is 4.43. The average Bonchev–Trinajstić information content (AvgIpc) is 2.05. The van der Waals surface area contributed by atoms with Crippen LogP contribution in [0, 0.1) is 0 Å². The zero-order valence-corrected chi connectivity index (χ0v) is 7.25. The lowest BCUT2D eigenvalue weighted by molar-refractivity contribution is 0.503. The molecule has 0 aromatic rings. The van der Waals surface area contributed by atoms with E-state index in [1.165, 1.54) is 19.3 Å². The van der Waals surface area contributed by atoms with Crippen molar-refractivity contribution in [2.45, 2.75) is 37.4 Å². The molecule has 0 bridgehead atoms. The SMILES string of the molecule is CNS(=O)C1CCCCC1. The van der Waals surface area contributed by atoms with Crippen molar-refractivity contribution in [1.82, 2.24) is 4.72 Å². The van der Waals surface area contributed by atoms with Gasteiger partial charge in [0.1, 0.15) is 0 Å². The van der Waals surface area contributed by atoms with Crippen LogP contribution in [-0.4, -0.2) is 16.5 Å². The van der Waals surface area contributed by atoms with E-state index < -0.39 is 11.0 Å². The fourth-order valence-electron chi connectivity index (χ4n) is 1.45. The van der Waals surface area contributed by atoms with Gasteiger partial charge in [-0.3, -0.25) is 0 Å². The second kappa shape index (κ2) is 4.09. The normalized spacial score (nSPS) is 24.5. The minimum absolute atomic E-state index is 0.429. The number of hydrogen-bond acceptors (Lipinski definition) is 1. The van der Waals surface area contributed by atoms with Crippen molar-refractivity contribution in [2.24, 2.45) is 0 Å². The van der Waals surface area contributed by atoms with E-state index in [0.29, 0.717) is 5.25 Å². The molecule has 1 unspecified atom stereocenters. The van der Waals surface area contributed by atoms with Gasteiger partial charge in [0.15, 0.2) is 0 Å². The Bertz CT molecular complexity index is 121. The Kier molecular flexibility index (Phi) is 3.35.